The van der Waals surface area contributed by atoms with E-state index in [4.69, 9.17) is 14.7 Å². The summed E-state index contributed by atoms with van der Waals surface area (Å²) in [5.74, 6) is 0.833. The highest BCUT2D eigenvalue weighted by Crippen LogP contribution is 2.36. The van der Waals surface area contributed by atoms with Crippen LogP contribution in [0.5, 0.6) is 5.75 Å². The second kappa shape index (κ2) is 10.2. The third-order valence-corrected chi connectivity index (χ3v) is 8.54. The van der Waals surface area contributed by atoms with E-state index in [-0.39, 0.29) is 17.7 Å². The van der Waals surface area contributed by atoms with Crippen molar-refractivity contribution >= 4 is 26.4 Å². The molecule has 10 nitrogen and oxygen atoms in total. The lowest BCUT2D eigenvalue weighted by molar-refractivity contribution is 0.341. The van der Waals surface area contributed by atoms with Gasteiger partial charge in [-0.05, 0) is 38.1 Å². The number of anilines is 1. The molecule has 210 valence electrons. The molecule has 5 aromatic rings. The van der Waals surface area contributed by atoms with E-state index in [0.29, 0.717) is 35.1 Å². The van der Waals surface area contributed by atoms with E-state index >= 15 is 0 Å². The number of fused-ring (bicyclic) bond motifs is 1. The van der Waals surface area contributed by atoms with E-state index in [1.807, 2.05) is 32.0 Å². The van der Waals surface area contributed by atoms with Gasteiger partial charge in [0.15, 0.2) is 5.82 Å². The first-order valence-electron chi connectivity index (χ1n) is 13.0. The Balaban J connectivity index is 1.49. The Bertz CT molecular complexity index is 1890. The van der Waals surface area contributed by atoms with Gasteiger partial charge >= 0.3 is 0 Å². The molecule has 1 aliphatic rings. The fraction of sp³-hybridized carbons (Fsp3) is 0.276. The molecule has 5 aromatic heterocycles. The number of sulfone groups is 1. The zero-order valence-electron chi connectivity index (χ0n) is 23.0. The Morgan fingerprint density at radius 3 is 2.61 bits per heavy atom. The average Bonchev–Trinajstić information content (AvgIpc) is 3.39. The van der Waals surface area contributed by atoms with Crippen molar-refractivity contribution in [2.45, 2.75) is 19.9 Å². The number of methoxy groups -OCH3 is 1. The lowest BCUT2D eigenvalue weighted by Crippen LogP contribution is -2.57. The highest BCUT2D eigenvalue weighted by Gasteiger charge is 2.38. The van der Waals surface area contributed by atoms with Gasteiger partial charge in [0, 0.05) is 71.7 Å². The molecule has 0 aliphatic carbocycles. The molecule has 0 bridgehead atoms. The minimum absolute atomic E-state index is 0.0103. The maximum atomic E-state index is 14.2. The van der Waals surface area contributed by atoms with E-state index in [1.165, 1.54) is 12.3 Å². The molecule has 41 heavy (non-hydrogen) atoms. The third-order valence-electron chi connectivity index (χ3n) is 7.50. The summed E-state index contributed by atoms with van der Waals surface area (Å²) in [6.45, 7) is 4.50. The summed E-state index contributed by atoms with van der Waals surface area (Å²) in [5.41, 5.74) is 4.84. The predicted octanol–water partition coefficient (Wildman–Crippen LogP) is 4.26. The summed E-state index contributed by atoms with van der Waals surface area (Å²) in [6.07, 6.45) is 9.08. The van der Waals surface area contributed by atoms with Crippen LogP contribution in [0.25, 0.3) is 39.2 Å². The fourth-order valence-corrected chi connectivity index (χ4v) is 6.50. The molecule has 0 unspecified atom stereocenters. The zero-order chi connectivity index (χ0) is 28.9. The van der Waals surface area contributed by atoms with Crippen molar-refractivity contribution in [2.24, 2.45) is 5.92 Å². The summed E-state index contributed by atoms with van der Waals surface area (Å²) in [5, 5.41) is 5.51. The molecule has 2 atom stereocenters. The number of pyridine rings is 4. The van der Waals surface area contributed by atoms with Crippen LogP contribution in [0.15, 0.2) is 61.3 Å². The number of nitrogens with zero attached hydrogens (tertiary/aromatic N) is 7. The van der Waals surface area contributed by atoms with Gasteiger partial charge in [0.05, 0.1) is 47.7 Å². The SMILES string of the molecule is COc1ccncc1-c1cc2c(cnn2-c2cc(N3C[C@H](CS(C)(=O)=O)[C@H]3C)cc(-c3cncc(F)c3)n2)c(C)n1. The van der Waals surface area contributed by atoms with Crippen molar-refractivity contribution in [3.8, 4) is 34.1 Å². The van der Waals surface area contributed by atoms with Gasteiger partial charge in [0.1, 0.15) is 21.4 Å². The molecular formula is C29H28FN7O3S. The van der Waals surface area contributed by atoms with Crippen LogP contribution in [0.1, 0.15) is 12.6 Å². The first kappa shape index (κ1) is 26.8. The highest BCUT2D eigenvalue weighted by atomic mass is 32.2. The average molecular weight is 574 g/mol. The first-order valence-corrected chi connectivity index (χ1v) is 15.1. The summed E-state index contributed by atoms with van der Waals surface area (Å²) < 4.78 is 45.3. The van der Waals surface area contributed by atoms with Gasteiger partial charge in [-0.25, -0.2) is 22.5 Å². The lowest BCUT2D eigenvalue weighted by atomic mass is 9.91. The second-order valence-corrected chi connectivity index (χ2v) is 12.5. The molecule has 0 radical (unpaired) electrons. The van der Waals surface area contributed by atoms with E-state index < -0.39 is 15.7 Å². The molecule has 6 rings (SSSR count). The van der Waals surface area contributed by atoms with Crippen molar-refractivity contribution in [1.82, 2.24) is 29.7 Å². The van der Waals surface area contributed by atoms with Crippen LogP contribution >= 0.6 is 0 Å². The maximum Gasteiger partial charge on any atom is 0.156 e. The van der Waals surface area contributed by atoms with Crippen LogP contribution in [0.2, 0.25) is 0 Å². The molecule has 0 saturated carbocycles. The fourth-order valence-electron chi connectivity index (χ4n) is 5.34. The topological polar surface area (TPSA) is 116 Å². The normalized spacial score (nSPS) is 17.0. The number of hydrogen-bond donors (Lipinski definition) is 0. The predicted molar refractivity (Wildman–Crippen MR) is 154 cm³/mol. The van der Waals surface area contributed by atoms with Gasteiger partial charge < -0.3 is 9.64 Å². The van der Waals surface area contributed by atoms with Crippen LogP contribution in [-0.4, -0.2) is 69.8 Å². The van der Waals surface area contributed by atoms with Crippen molar-refractivity contribution in [2.75, 3.05) is 30.6 Å². The highest BCUT2D eigenvalue weighted by molar-refractivity contribution is 7.90. The number of ether oxygens (including phenoxy) is 1. The van der Waals surface area contributed by atoms with E-state index in [0.717, 1.165) is 34.0 Å². The zero-order valence-corrected chi connectivity index (χ0v) is 23.8. The summed E-state index contributed by atoms with van der Waals surface area (Å²) in [7, 11) is -1.50. The minimum Gasteiger partial charge on any atom is -0.496 e. The minimum atomic E-state index is -3.11. The number of halogens is 1. The summed E-state index contributed by atoms with van der Waals surface area (Å²) >= 11 is 0. The first-order chi connectivity index (χ1) is 19.6. The molecule has 0 N–H and O–H groups in total. The Hall–Kier alpha value is -4.45. The van der Waals surface area contributed by atoms with Gasteiger partial charge in [0.25, 0.3) is 0 Å². The molecular weight excluding hydrogens is 545 g/mol. The van der Waals surface area contributed by atoms with Gasteiger partial charge in [-0.2, -0.15) is 5.10 Å². The van der Waals surface area contributed by atoms with Gasteiger partial charge in [-0.1, -0.05) is 0 Å². The molecule has 0 spiro atoms. The van der Waals surface area contributed by atoms with Crippen LogP contribution in [0.4, 0.5) is 10.1 Å². The largest absolute Gasteiger partial charge is 0.496 e. The third kappa shape index (κ3) is 5.10. The smallest absolute Gasteiger partial charge is 0.156 e. The van der Waals surface area contributed by atoms with Crippen molar-refractivity contribution in [3.63, 3.8) is 0 Å². The number of aryl methyl sites for hydroxylation is 1. The van der Waals surface area contributed by atoms with Crippen LogP contribution < -0.4 is 9.64 Å². The molecule has 1 saturated heterocycles. The van der Waals surface area contributed by atoms with E-state index in [9.17, 15) is 12.8 Å². The molecule has 1 aliphatic heterocycles. The molecule has 0 aromatic carbocycles. The van der Waals surface area contributed by atoms with Crippen LogP contribution in [-0.2, 0) is 9.84 Å². The number of rotatable bonds is 7. The van der Waals surface area contributed by atoms with Gasteiger partial charge in [0.2, 0.25) is 0 Å². The van der Waals surface area contributed by atoms with Gasteiger partial charge in [-0.15, -0.1) is 0 Å². The Labute approximate surface area is 236 Å². The van der Waals surface area contributed by atoms with E-state index in [1.54, 1.807) is 42.6 Å². The lowest BCUT2D eigenvalue weighted by Gasteiger charge is -2.48. The van der Waals surface area contributed by atoms with Gasteiger partial charge in [-0.3, -0.25) is 15.0 Å². The van der Waals surface area contributed by atoms with E-state index in [2.05, 4.69) is 20.0 Å². The monoisotopic (exact) mass is 573 g/mol. The molecule has 1 fully saturated rings. The van der Waals surface area contributed by atoms with Crippen molar-refractivity contribution in [3.05, 3.63) is 72.8 Å². The number of aromatic nitrogens is 6. The Kier molecular flexibility index (Phi) is 6.65. The number of hydrogen-bond acceptors (Lipinski definition) is 9. The Morgan fingerprint density at radius 2 is 1.88 bits per heavy atom. The quantitative estimate of drug-likeness (QED) is 0.282. The van der Waals surface area contributed by atoms with Crippen LogP contribution in [0, 0.1) is 18.7 Å². The second-order valence-electron chi connectivity index (χ2n) is 10.4. The van der Waals surface area contributed by atoms with Crippen LogP contribution in [0.3, 0.4) is 0 Å². The standard InChI is InChI=1S/C29H28FN7O3S/c1-17-23-14-33-37(27(23)10-26(34-17)24-13-31-6-5-28(24)40-3)29-9-22(36-15-20(18(36)2)16-41(4,38)39)8-25(35-29)19-7-21(30)12-32-11-19/h5-14,18,20H,15-16H2,1-4H3/t18-,20-/m1/s1. The van der Waals surface area contributed by atoms with Crippen molar-refractivity contribution in [1.29, 1.82) is 0 Å². The summed E-state index contributed by atoms with van der Waals surface area (Å²) in [6, 6.07) is 8.86. The Morgan fingerprint density at radius 1 is 1.05 bits per heavy atom. The molecule has 12 heteroatoms. The maximum absolute atomic E-state index is 14.2. The summed E-state index contributed by atoms with van der Waals surface area (Å²) in [4.78, 5) is 20.0. The van der Waals surface area contributed by atoms with Crippen molar-refractivity contribution < 1.29 is 17.5 Å². The molecule has 0 amide bonds. The molecule has 6 heterocycles.